The van der Waals surface area contributed by atoms with Crippen LogP contribution in [0.25, 0.3) is 22.0 Å². The second-order valence-electron chi connectivity index (χ2n) is 7.27. The zero-order chi connectivity index (χ0) is 23.4. The third kappa shape index (κ3) is 5.35. The molecule has 7 nitrogen and oxygen atoms in total. The number of hydrogen-bond donors (Lipinski definition) is 1. The van der Waals surface area contributed by atoms with E-state index in [0.717, 1.165) is 16.0 Å². The van der Waals surface area contributed by atoms with Crippen LogP contribution in [-0.4, -0.2) is 38.4 Å². The van der Waals surface area contributed by atoms with Gasteiger partial charge in [-0.25, -0.2) is 4.68 Å². The van der Waals surface area contributed by atoms with E-state index in [4.69, 9.17) is 16.3 Å². The molecule has 0 bridgehead atoms. The first-order valence-electron chi connectivity index (χ1n) is 10.1. The van der Waals surface area contributed by atoms with E-state index >= 15 is 0 Å². The number of hydrogen-bond acceptors (Lipinski definition) is 6. The standard InChI is InChI=1S/C24H20ClN3O4S/c1-32-18-8-11-21-20(14-18)23(29)28(27-26-21)13-12-22(24(30)31)33-19-9-4-16(5-10-19)15-2-6-17(25)7-3-15/h2-11,14,22H,12-13H2,1H3,(H,30,31). The van der Waals surface area contributed by atoms with Crippen LogP contribution in [0.15, 0.2) is 76.4 Å². The summed E-state index contributed by atoms with van der Waals surface area (Å²) in [7, 11) is 1.52. The zero-order valence-electron chi connectivity index (χ0n) is 17.6. The van der Waals surface area contributed by atoms with Crippen molar-refractivity contribution >= 4 is 40.2 Å². The molecule has 9 heteroatoms. The lowest BCUT2D eigenvalue weighted by Crippen LogP contribution is -2.27. The molecule has 168 valence electrons. The predicted molar refractivity (Wildman–Crippen MR) is 129 cm³/mol. The van der Waals surface area contributed by atoms with E-state index in [9.17, 15) is 14.7 Å². The number of thioether (sulfide) groups is 1. The van der Waals surface area contributed by atoms with Crippen LogP contribution in [-0.2, 0) is 11.3 Å². The molecule has 1 aromatic heterocycles. The van der Waals surface area contributed by atoms with Gasteiger partial charge in [0.25, 0.3) is 5.56 Å². The minimum atomic E-state index is -0.953. The highest BCUT2D eigenvalue weighted by Gasteiger charge is 2.20. The number of carbonyl (C=O) groups is 1. The molecule has 0 spiro atoms. The van der Waals surface area contributed by atoms with Crippen molar-refractivity contribution < 1.29 is 14.6 Å². The quantitative estimate of drug-likeness (QED) is 0.363. The summed E-state index contributed by atoms with van der Waals surface area (Å²) in [4.78, 5) is 25.4. The van der Waals surface area contributed by atoms with E-state index in [-0.39, 0.29) is 18.5 Å². The number of ether oxygens (including phenoxy) is 1. The fraction of sp³-hybridized carbons (Fsp3) is 0.167. The molecule has 0 aliphatic rings. The first kappa shape index (κ1) is 22.8. The summed E-state index contributed by atoms with van der Waals surface area (Å²) >= 11 is 7.18. The number of benzene rings is 3. The molecule has 1 heterocycles. The topological polar surface area (TPSA) is 94.3 Å². The highest BCUT2D eigenvalue weighted by atomic mass is 35.5. The van der Waals surface area contributed by atoms with Crippen molar-refractivity contribution in [3.8, 4) is 16.9 Å². The van der Waals surface area contributed by atoms with Crippen LogP contribution in [0.1, 0.15) is 6.42 Å². The van der Waals surface area contributed by atoms with E-state index < -0.39 is 11.2 Å². The van der Waals surface area contributed by atoms with Crippen molar-refractivity contribution in [1.29, 1.82) is 0 Å². The smallest absolute Gasteiger partial charge is 0.317 e. The van der Waals surface area contributed by atoms with Gasteiger partial charge >= 0.3 is 5.97 Å². The lowest BCUT2D eigenvalue weighted by atomic mass is 10.1. The van der Waals surface area contributed by atoms with Crippen molar-refractivity contribution in [3.63, 3.8) is 0 Å². The summed E-state index contributed by atoms with van der Waals surface area (Å²) in [6, 6.07) is 20.2. The predicted octanol–water partition coefficient (Wildman–Crippen LogP) is 4.76. The van der Waals surface area contributed by atoms with Crippen LogP contribution in [0.4, 0.5) is 0 Å². The lowest BCUT2D eigenvalue weighted by Gasteiger charge is -2.13. The van der Waals surface area contributed by atoms with Crippen molar-refractivity contribution in [2.45, 2.75) is 23.1 Å². The number of halogens is 1. The highest BCUT2D eigenvalue weighted by molar-refractivity contribution is 8.00. The van der Waals surface area contributed by atoms with Gasteiger partial charge in [0, 0.05) is 16.5 Å². The van der Waals surface area contributed by atoms with Crippen molar-refractivity contribution in [2.24, 2.45) is 0 Å². The van der Waals surface area contributed by atoms with E-state index in [1.54, 1.807) is 18.2 Å². The Kier molecular flexibility index (Phi) is 6.96. The fourth-order valence-electron chi connectivity index (χ4n) is 3.33. The van der Waals surface area contributed by atoms with Gasteiger partial charge in [0.1, 0.15) is 16.5 Å². The highest BCUT2D eigenvalue weighted by Crippen LogP contribution is 2.29. The summed E-state index contributed by atoms with van der Waals surface area (Å²) in [5.74, 6) is -0.412. The third-order valence-electron chi connectivity index (χ3n) is 5.12. The van der Waals surface area contributed by atoms with Crippen LogP contribution >= 0.6 is 23.4 Å². The molecule has 4 rings (SSSR count). The number of carboxylic acid groups (broad SMARTS) is 1. The molecule has 0 radical (unpaired) electrons. The molecule has 1 N–H and O–H groups in total. The fourth-order valence-corrected chi connectivity index (χ4v) is 4.41. The van der Waals surface area contributed by atoms with Gasteiger partial charge in [-0.15, -0.1) is 16.9 Å². The van der Waals surface area contributed by atoms with E-state index in [0.29, 0.717) is 21.7 Å². The lowest BCUT2D eigenvalue weighted by molar-refractivity contribution is -0.136. The largest absolute Gasteiger partial charge is 0.497 e. The monoisotopic (exact) mass is 481 g/mol. The average molecular weight is 482 g/mol. The molecule has 0 amide bonds. The van der Waals surface area contributed by atoms with Gasteiger partial charge in [0.05, 0.1) is 12.5 Å². The van der Waals surface area contributed by atoms with Gasteiger partial charge in [0.2, 0.25) is 0 Å². The van der Waals surface area contributed by atoms with Crippen molar-refractivity contribution in [1.82, 2.24) is 15.0 Å². The van der Waals surface area contributed by atoms with Crippen LogP contribution in [0.2, 0.25) is 5.02 Å². The van der Waals surface area contributed by atoms with Gasteiger partial charge in [-0.3, -0.25) is 9.59 Å². The maximum absolute atomic E-state index is 12.8. The third-order valence-corrected chi connectivity index (χ3v) is 6.64. The van der Waals surface area contributed by atoms with Crippen LogP contribution in [0.3, 0.4) is 0 Å². The Morgan fingerprint density at radius 2 is 1.76 bits per heavy atom. The number of aromatic nitrogens is 3. The summed E-state index contributed by atoms with van der Waals surface area (Å²) in [6.07, 6.45) is 0.211. The molecule has 1 unspecified atom stereocenters. The molecule has 0 aliphatic heterocycles. The van der Waals surface area contributed by atoms with Gasteiger partial charge in [0.15, 0.2) is 0 Å². The number of nitrogens with zero attached hydrogens (tertiary/aromatic N) is 3. The Bertz CT molecular complexity index is 1340. The van der Waals surface area contributed by atoms with E-state index in [1.165, 1.54) is 23.6 Å². The van der Waals surface area contributed by atoms with E-state index in [1.807, 2.05) is 48.5 Å². The molecule has 1 atom stereocenters. The number of aryl methyl sites for hydroxylation is 1. The Morgan fingerprint density at radius 1 is 1.09 bits per heavy atom. The molecule has 3 aromatic carbocycles. The van der Waals surface area contributed by atoms with Crippen molar-refractivity contribution in [2.75, 3.05) is 7.11 Å². The Balaban J connectivity index is 1.47. The summed E-state index contributed by atoms with van der Waals surface area (Å²) in [5.41, 5.74) is 2.16. The maximum atomic E-state index is 12.8. The normalized spacial score (nSPS) is 11.9. The molecule has 0 saturated heterocycles. The summed E-state index contributed by atoms with van der Waals surface area (Å²) in [6.45, 7) is 0.131. The second kappa shape index (κ2) is 10.1. The molecular weight excluding hydrogens is 462 g/mol. The number of carboxylic acids is 1. The zero-order valence-corrected chi connectivity index (χ0v) is 19.2. The van der Waals surface area contributed by atoms with Crippen molar-refractivity contribution in [3.05, 3.63) is 82.1 Å². The molecule has 0 saturated carbocycles. The SMILES string of the molecule is COc1ccc2nnn(CCC(Sc3ccc(-c4ccc(Cl)cc4)cc3)C(=O)O)c(=O)c2c1. The summed E-state index contributed by atoms with van der Waals surface area (Å²) in [5, 5.41) is 18.0. The Labute approximate surface area is 199 Å². The molecule has 0 fully saturated rings. The molecule has 33 heavy (non-hydrogen) atoms. The average Bonchev–Trinajstić information content (AvgIpc) is 2.83. The summed E-state index contributed by atoms with van der Waals surface area (Å²) < 4.78 is 6.37. The van der Waals surface area contributed by atoms with Crippen LogP contribution < -0.4 is 10.3 Å². The molecule has 4 aromatic rings. The first-order valence-corrected chi connectivity index (χ1v) is 11.4. The minimum absolute atomic E-state index is 0.131. The van der Waals surface area contributed by atoms with Crippen LogP contribution in [0.5, 0.6) is 5.75 Å². The van der Waals surface area contributed by atoms with Crippen LogP contribution in [0, 0.1) is 0 Å². The minimum Gasteiger partial charge on any atom is -0.497 e. The number of aliphatic carboxylic acids is 1. The van der Waals surface area contributed by atoms with Gasteiger partial charge < -0.3 is 9.84 Å². The number of methoxy groups -OCH3 is 1. The Hall–Kier alpha value is -3.36. The van der Waals surface area contributed by atoms with Gasteiger partial charge in [-0.2, -0.15) is 0 Å². The second-order valence-corrected chi connectivity index (χ2v) is 8.98. The Morgan fingerprint density at radius 3 is 2.39 bits per heavy atom. The van der Waals surface area contributed by atoms with Gasteiger partial charge in [-0.1, -0.05) is 41.1 Å². The van der Waals surface area contributed by atoms with E-state index in [2.05, 4.69) is 10.3 Å². The number of rotatable bonds is 8. The molecular formula is C24H20ClN3O4S. The molecule has 0 aliphatic carbocycles. The number of fused-ring (bicyclic) bond motifs is 1. The van der Waals surface area contributed by atoms with Gasteiger partial charge in [-0.05, 0) is 60.0 Å². The first-order chi connectivity index (χ1) is 15.9. The maximum Gasteiger partial charge on any atom is 0.317 e.